The van der Waals surface area contributed by atoms with Gasteiger partial charge in [0.05, 0.1) is 4.92 Å². The van der Waals surface area contributed by atoms with Crippen molar-refractivity contribution >= 4 is 0 Å². The molecule has 0 aromatic rings. The van der Waals surface area contributed by atoms with Crippen LogP contribution in [-0.2, 0) is 0 Å². The molecule has 0 aromatic heterocycles. The second kappa shape index (κ2) is 5.89. The molecule has 0 N–H and O–H groups in total. The van der Waals surface area contributed by atoms with Crippen molar-refractivity contribution in [2.24, 2.45) is 11.8 Å². The van der Waals surface area contributed by atoms with Gasteiger partial charge in [-0.1, -0.05) is 33.1 Å². The summed E-state index contributed by atoms with van der Waals surface area (Å²) in [4.78, 5) is 10.6. The van der Waals surface area contributed by atoms with E-state index in [1.807, 2.05) is 19.9 Å². The first-order valence-corrected chi connectivity index (χ1v) is 5.94. The molecule has 0 saturated heterocycles. The Morgan fingerprint density at radius 1 is 1.40 bits per heavy atom. The minimum absolute atomic E-state index is 0.200. The summed E-state index contributed by atoms with van der Waals surface area (Å²) in [7, 11) is 0. The van der Waals surface area contributed by atoms with Crippen LogP contribution in [0.25, 0.3) is 0 Å². The van der Waals surface area contributed by atoms with Gasteiger partial charge in [0.15, 0.2) is 0 Å². The molecule has 1 fully saturated rings. The van der Waals surface area contributed by atoms with Crippen LogP contribution in [0, 0.1) is 22.0 Å². The minimum atomic E-state index is -0.200. The fourth-order valence-electron chi connectivity index (χ4n) is 2.19. The third-order valence-electron chi connectivity index (χ3n) is 2.93. The zero-order valence-corrected chi connectivity index (χ0v) is 9.74. The molecular formula is C12H21NO2. The van der Waals surface area contributed by atoms with Crippen LogP contribution >= 0.6 is 0 Å². The number of allylic oxidation sites excluding steroid dienone is 2. The van der Waals surface area contributed by atoms with E-state index in [1.165, 1.54) is 19.3 Å². The van der Waals surface area contributed by atoms with Gasteiger partial charge in [-0.25, -0.2) is 0 Å². The first-order chi connectivity index (χ1) is 7.09. The molecule has 1 aliphatic rings. The van der Waals surface area contributed by atoms with Crippen LogP contribution < -0.4 is 0 Å². The van der Waals surface area contributed by atoms with Gasteiger partial charge in [0.25, 0.3) is 0 Å². The maximum Gasteiger partial charge on any atom is 0.242 e. The van der Waals surface area contributed by atoms with Crippen molar-refractivity contribution in [2.75, 3.05) is 0 Å². The van der Waals surface area contributed by atoms with Gasteiger partial charge in [-0.3, -0.25) is 10.1 Å². The Labute approximate surface area is 91.7 Å². The molecule has 0 unspecified atom stereocenters. The van der Waals surface area contributed by atoms with Crippen LogP contribution in [0.1, 0.15) is 52.4 Å². The van der Waals surface area contributed by atoms with Gasteiger partial charge in [0, 0.05) is 6.42 Å². The summed E-state index contributed by atoms with van der Waals surface area (Å²) in [5.74, 6) is 0.822. The van der Waals surface area contributed by atoms with Crippen molar-refractivity contribution in [2.45, 2.75) is 52.4 Å². The minimum Gasteiger partial charge on any atom is -0.259 e. The van der Waals surface area contributed by atoms with Gasteiger partial charge in [-0.05, 0) is 30.8 Å². The second-order valence-electron chi connectivity index (χ2n) is 4.91. The third kappa shape index (κ3) is 4.45. The third-order valence-corrected chi connectivity index (χ3v) is 2.93. The van der Waals surface area contributed by atoms with Gasteiger partial charge < -0.3 is 0 Å². The molecule has 0 aliphatic heterocycles. The lowest BCUT2D eigenvalue weighted by molar-refractivity contribution is -0.429. The monoisotopic (exact) mass is 211 g/mol. The summed E-state index contributed by atoms with van der Waals surface area (Å²) in [6, 6.07) is 0. The average molecular weight is 211 g/mol. The molecule has 0 amide bonds. The first-order valence-electron chi connectivity index (χ1n) is 5.94. The van der Waals surface area contributed by atoms with E-state index < -0.39 is 0 Å². The number of nitrogens with zero attached hydrogens (tertiary/aromatic N) is 1. The largest absolute Gasteiger partial charge is 0.259 e. The van der Waals surface area contributed by atoms with Crippen LogP contribution in [0.15, 0.2) is 11.8 Å². The summed E-state index contributed by atoms with van der Waals surface area (Å²) < 4.78 is 0. The molecule has 0 spiro atoms. The highest BCUT2D eigenvalue weighted by molar-refractivity contribution is 4.97. The van der Waals surface area contributed by atoms with Gasteiger partial charge in [0.2, 0.25) is 5.70 Å². The Bertz CT molecular complexity index is 240. The van der Waals surface area contributed by atoms with Crippen LogP contribution in [0.2, 0.25) is 0 Å². The van der Waals surface area contributed by atoms with Crippen LogP contribution in [0.4, 0.5) is 0 Å². The molecule has 1 aliphatic carbocycles. The highest BCUT2D eigenvalue weighted by Crippen LogP contribution is 2.27. The van der Waals surface area contributed by atoms with E-state index in [0.29, 0.717) is 24.0 Å². The molecule has 0 bridgehead atoms. The predicted molar refractivity (Wildman–Crippen MR) is 61.1 cm³/mol. The maximum atomic E-state index is 10.8. The van der Waals surface area contributed by atoms with E-state index in [4.69, 9.17) is 0 Å². The maximum absolute atomic E-state index is 10.8. The molecule has 0 atom stereocenters. The lowest BCUT2D eigenvalue weighted by Gasteiger charge is -2.17. The smallest absolute Gasteiger partial charge is 0.242 e. The Hall–Kier alpha value is -0.860. The topological polar surface area (TPSA) is 43.1 Å². The van der Waals surface area contributed by atoms with Crippen LogP contribution in [0.3, 0.4) is 0 Å². The molecule has 3 nitrogen and oxygen atoms in total. The second-order valence-corrected chi connectivity index (χ2v) is 4.91. The first kappa shape index (κ1) is 12.2. The van der Waals surface area contributed by atoms with Crippen molar-refractivity contribution in [3.8, 4) is 0 Å². The van der Waals surface area contributed by atoms with E-state index in [9.17, 15) is 10.1 Å². The highest BCUT2D eigenvalue weighted by atomic mass is 16.6. The van der Waals surface area contributed by atoms with Crippen molar-refractivity contribution in [3.05, 3.63) is 21.9 Å². The van der Waals surface area contributed by atoms with E-state index >= 15 is 0 Å². The van der Waals surface area contributed by atoms with E-state index in [0.717, 1.165) is 12.8 Å². The summed E-state index contributed by atoms with van der Waals surface area (Å²) in [6.07, 6.45) is 8.54. The molecule has 1 saturated carbocycles. The fraction of sp³-hybridized carbons (Fsp3) is 0.833. The number of hydrogen-bond donors (Lipinski definition) is 0. The predicted octanol–water partition coefficient (Wildman–Crippen LogP) is 3.77. The van der Waals surface area contributed by atoms with Crippen molar-refractivity contribution < 1.29 is 4.92 Å². The lowest BCUT2D eigenvalue weighted by atomic mass is 9.88. The highest BCUT2D eigenvalue weighted by Gasteiger charge is 2.18. The zero-order chi connectivity index (χ0) is 11.3. The van der Waals surface area contributed by atoms with Gasteiger partial charge in [0.1, 0.15) is 0 Å². The summed E-state index contributed by atoms with van der Waals surface area (Å²) in [6.45, 7) is 4.05. The van der Waals surface area contributed by atoms with Crippen LogP contribution in [0.5, 0.6) is 0 Å². The molecular weight excluding hydrogens is 190 g/mol. The van der Waals surface area contributed by atoms with Crippen LogP contribution in [-0.4, -0.2) is 4.92 Å². The summed E-state index contributed by atoms with van der Waals surface area (Å²) >= 11 is 0. The summed E-state index contributed by atoms with van der Waals surface area (Å²) in [5, 5.41) is 10.8. The van der Waals surface area contributed by atoms with Gasteiger partial charge in [-0.2, -0.15) is 0 Å². The molecule has 0 heterocycles. The Morgan fingerprint density at radius 3 is 2.47 bits per heavy atom. The molecule has 0 aromatic carbocycles. The molecule has 1 rings (SSSR count). The van der Waals surface area contributed by atoms with Gasteiger partial charge in [-0.15, -0.1) is 0 Å². The molecule has 3 heteroatoms. The zero-order valence-electron chi connectivity index (χ0n) is 9.74. The van der Waals surface area contributed by atoms with Crippen molar-refractivity contribution in [1.82, 2.24) is 0 Å². The molecule has 86 valence electrons. The fourth-order valence-corrected chi connectivity index (χ4v) is 2.19. The van der Waals surface area contributed by atoms with Gasteiger partial charge >= 0.3 is 0 Å². The Balaban J connectivity index is 2.60. The van der Waals surface area contributed by atoms with E-state index in [1.54, 1.807) is 0 Å². The van der Waals surface area contributed by atoms with Crippen molar-refractivity contribution in [1.29, 1.82) is 0 Å². The Kier molecular flexibility index (Phi) is 4.79. The number of nitro groups is 1. The summed E-state index contributed by atoms with van der Waals surface area (Å²) in [5.41, 5.74) is 0.428. The standard InChI is InChI=1S/C12H21NO2/c1-10(2)8-12(13(14)15)9-11-6-4-3-5-7-11/h9-11H,3-8H2,1-2H3. The Morgan fingerprint density at radius 2 is 2.00 bits per heavy atom. The number of rotatable bonds is 4. The molecule has 0 radical (unpaired) electrons. The van der Waals surface area contributed by atoms with E-state index in [2.05, 4.69) is 0 Å². The van der Waals surface area contributed by atoms with Crippen molar-refractivity contribution in [3.63, 3.8) is 0 Å². The quantitative estimate of drug-likeness (QED) is 0.524. The SMILES string of the molecule is CC(C)CC(=CC1CCCCC1)[N+](=O)[O-]. The average Bonchev–Trinajstić information content (AvgIpc) is 2.17. The number of hydrogen-bond acceptors (Lipinski definition) is 2. The normalized spacial score (nSPS) is 19.5. The molecule has 15 heavy (non-hydrogen) atoms. The van der Waals surface area contributed by atoms with E-state index in [-0.39, 0.29) is 4.92 Å². The lowest BCUT2D eigenvalue weighted by Crippen LogP contribution is -2.09.